The first-order valence-electron chi connectivity index (χ1n) is 6.49. The summed E-state index contributed by atoms with van der Waals surface area (Å²) >= 11 is 5.55. The highest BCUT2D eigenvalue weighted by molar-refractivity contribution is 6.19. The van der Waals surface area contributed by atoms with E-state index in [0.717, 1.165) is 36.3 Å². The van der Waals surface area contributed by atoms with E-state index in [1.54, 1.807) is 0 Å². The maximum Gasteiger partial charge on any atom is 0.119 e. The number of rotatable bonds is 5. The molecule has 1 aromatic carbocycles. The molecule has 0 saturated heterocycles. The van der Waals surface area contributed by atoms with E-state index in [-0.39, 0.29) is 0 Å². The first-order chi connectivity index (χ1) is 8.71. The highest BCUT2D eigenvalue weighted by Crippen LogP contribution is 2.18. The van der Waals surface area contributed by atoms with Gasteiger partial charge in [0.15, 0.2) is 0 Å². The fraction of sp³-hybridized carbons (Fsp3) is 0.500. The third kappa shape index (κ3) is 4.63. The third-order valence-electron chi connectivity index (χ3n) is 3.13. The van der Waals surface area contributed by atoms with Crippen LogP contribution in [-0.4, -0.2) is 12.5 Å². The smallest absolute Gasteiger partial charge is 0.119 e. The fourth-order valence-electron chi connectivity index (χ4n) is 1.73. The molecule has 0 atom stereocenters. The van der Waals surface area contributed by atoms with Gasteiger partial charge in [-0.15, -0.1) is 11.6 Å². The van der Waals surface area contributed by atoms with Crippen LogP contribution in [-0.2, 0) is 0 Å². The second-order valence-corrected chi connectivity index (χ2v) is 4.67. The maximum atomic E-state index is 5.82. The molecule has 18 heavy (non-hydrogen) atoms. The Morgan fingerprint density at radius 3 is 2.56 bits per heavy atom. The molecule has 1 rings (SSSR count). The molecule has 0 aliphatic carbocycles. The van der Waals surface area contributed by atoms with Gasteiger partial charge in [-0.2, -0.15) is 0 Å². The summed E-state index contributed by atoms with van der Waals surface area (Å²) in [6.07, 6.45) is 2.32. The van der Waals surface area contributed by atoms with Crippen LogP contribution in [0.1, 0.15) is 37.8 Å². The van der Waals surface area contributed by atoms with Crippen molar-refractivity contribution in [1.82, 2.24) is 0 Å². The Morgan fingerprint density at radius 1 is 1.28 bits per heavy atom. The number of hydrogen-bond acceptors (Lipinski definition) is 1. The Morgan fingerprint density at radius 2 is 2.00 bits per heavy atom. The molecule has 0 aliphatic rings. The Balaban J connectivity index is 2.66. The topological polar surface area (TPSA) is 9.23 Å². The van der Waals surface area contributed by atoms with E-state index in [9.17, 15) is 0 Å². The molecule has 0 amide bonds. The zero-order valence-corrected chi connectivity index (χ0v) is 12.2. The minimum atomic E-state index is 0.367. The summed E-state index contributed by atoms with van der Waals surface area (Å²) in [6.45, 7) is 7.24. The standard InChI is InChI=1S/C16H21ClO/c1-4-14(5-2)12-18-16-9-8-15(7-6-10-17)13(3)11-16/h8-9,11,14H,4-5,10,12H2,1-3H3. The minimum absolute atomic E-state index is 0.367. The van der Waals surface area contributed by atoms with E-state index in [2.05, 4.69) is 25.7 Å². The Labute approximate surface area is 115 Å². The van der Waals surface area contributed by atoms with Gasteiger partial charge in [0.05, 0.1) is 12.5 Å². The van der Waals surface area contributed by atoms with E-state index >= 15 is 0 Å². The van der Waals surface area contributed by atoms with Gasteiger partial charge >= 0.3 is 0 Å². The van der Waals surface area contributed by atoms with Crippen molar-refractivity contribution >= 4 is 11.6 Å². The monoisotopic (exact) mass is 264 g/mol. The molecule has 98 valence electrons. The molecule has 0 spiro atoms. The minimum Gasteiger partial charge on any atom is -0.493 e. The summed E-state index contributed by atoms with van der Waals surface area (Å²) in [5.41, 5.74) is 2.15. The average molecular weight is 265 g/mol. The van der Waals surface area contributed by atoms with Crippen LogP contribution in [0.4, 0.5) is 0 Å². The maximum absolute atomic E-state index is 5.82. The molecule has 1 nitrogen and oxygen atoms in total. The Bertz CT molecular complexity index is 424. The number of halogens is 1. The Hall–Kier alpha value is -1.13. The van der Waals surface area contributed by atoms with Crippen molar-refractivity contribution in [3.63, 3.8) is 0 Å². The molecule has 0 unspecified atom stereocenters. The number of benzene rings is 1. The predicted octanol–water partition coefficient (Wildman–Crippen LogP) is 4.40. The van der Waals surface area contributed by atoms with Crippen LogP contribution >= 0.6 is 11.6 Å². The molecule has 0 fully saturated rings. The molecular formula is C16H21ClO. The first kappa shape index (κ1) is 14.9. The van der Waals surface area contributed by atoms with Crippen LogP contribution in [0.25, 0.3) is 0 Å². The van der Waals surface area contributed by atoms with E-state index in [1.165, 1.54) is 0 Å². The largest absolute Gasteiger partial charge is 0.493 e. The van der Waals surface area contributed by atoms with Crippen molar-refractivity contribution in [2.75, 3.05) is 12.5 Å². The van der Waals surface area contributed by atoms with Crippen molar-refractivity contribution in [3.8, 4) is 17.6 Å². The second-order valence-electron chi connectivity index (χ2n) is 4.41. The van der Waals surface area contributed by atoms with Gasteiger partial charge in [-0.1, -0.05) is 38.5 Å². The summed E-state index contributed by atoms with van der Waals surface area (Å²) < 4.78 is 5.82. The molecular weight excluding hydrogens is 244 g/mol. The summed E-state index contributed by atoms with van der Waals surface area (Å²) in [5.74, 6) is 7.84. The van der Waals surface area contributed by atoms with Crippen LogP contribution in [0, 0.1) is 24.7 Å². The van der Waals surface area contributed by atoms with Crippen molar-refractivity contribution in [2.24, 2.45) is 5.92 Å². The van der Waals surface area contributed by atoms with Crippen molar-refractivity contribution in [2.45, 2.75) is 33.6 Å². The molecule has 2 heteroatoms. The SMILES string of the molecule is CCC(CC)COc1ccc(C#CCCl)c(C)c1. The quantitative estimate of drug-likeness (QED) is 0.566. The zero-order valence-electron chi connectivity index (χ0n) is 11.4. The molecule has 0 aliphatic heterocycles. The zero-order chi connectivity index (χ0) is 13.4. The number of aryl methyl sites for hydroxylation is 1. The van der Waals surface area contributed by atoms with Crippen LogP contribution in [0.15, 0.2) is 18.2 Å². The molecule has 0 aromatic heterocycles. The van der Waals surface area contributed by atoms with Gasteiger partial charge in [0.1, 0.15) is 5.75 Å². The molecule has 1 aromatic rings. The lowest BCUT2D eigenvalue weighted by molar-refractivity contribution is 0.240. The summed E-state index contributed by atoms with van der Waals surface area (Å²) in [6, 6.07) is 6.02. The van der Waals surface area contributed by atoms with Crippen LogP contribution in [0.2, 0.25) is 0 Å². The lowest BCUT2D eigenvalue weighted by Crippen LogP contribution is -2.10. The number of alkyl halides is 1. The van der Waals surface area contributed by atoms with Gasteiger partial charge in [-0.3, -0.25) is 0 Å². The molecule has 0 heterocycles. The summed E-state index contributed by atoms with van der Waals surface area (Å²) in [4.78, 5) is 0. The predicted molar refractivity (Wildman–Crippen MR) is 78.3 cm³/mol. The highest BCUT2D eigenvalue weighted by atomic mass is 35.5. The van der Waals surface area contributed by atoms with E-state index in [4.69, 9.17) is 16.3 Å². The Kier molecular flexibility index (Phi) is 6.68. The normalized spacial score (nSPS) is 10.1. The van der Waals surface area contributed by atoms with Gasteiger partial charge in [-0.05, 0) is 36.6 Å². The van der Waals surface area contributed by atoms with Gasteiger partial charge in [0.25, 0.3) is 0 Å². The number of hydrogen-bond donors (Lipinski definition) is 0. The summed E-state index contributed by atoms with van der Waals surface area (Å²) in [5, 5.41) is 0. The van der Waals surface area contributed by atoms with Gasteiger partial charge in [0.2, 0.25) is 0 Å². The van der Waals surface area contributed by atoms with Crippen LogP contribution in [0.5, 0.6) is 5.75 Å². The van der Waals surface area contributed by atoms with Crippen molar-refractivity contribution < 1.29 is 4.74 Å². The highest BCUT2D eigenvalue weighted by Gasteiger charge is 2.05. The second kappa shape index (κ2) is 8.06. The molecule has 0 bridgehead atoms. The molecule has 0 N–H and O–H groups in total. The van der Waals surface area contributed by atoms with E-state index < -0.39 is 0 Å². The van der Waals surface area contributed by atoms with Crippen LogP contribution in [0.3, 0.4) is 0 Å². The first-order valence-corrected chi connectivity index (χ1v) is 7.03. The third-order valence-corrected chi connectivity index (χ3v) is 3.26. The van der Waals surface area contributed by atoms with Crippen LogP contribution < -0.4 is 4.74 Å². The lowest BCUT2D eigenvalue weighted by atomic mass is 10.1. The number of ether oxygens (including phenoxy) is 1. The lowest BCUT2D eigenvalue weighted by Gasteiger charge is -2.14. The van der Waals surface area contributed by atoms with Gasteiger partial charge in [0, 0.05) is 5.56 Å². The van der Waals surface area contributed by atoms with E-state index in [0.29, 0.717) is 11.8 Å². The average Bonchev–Trinajstić information content (AvgIpc) is 2.39. The molecule has 0 radical (unpaired) electrons. The fourth-order valence-corrected chi connectivity index (χ4v) is 1.80. The van der Waals surface area contributed by atoms with E-state index in [1.807, 2.05) is 25.1 Å². The summed E-state index contributed by atoms with van der Waals surface area (Å²) in [7, 11) is 0. The van der Waals surface area contributed by atoms with Gasteiger partial charge in [-0.25, -0.2) is 0 Å². The molecule has 0 saturated carbocycles. The van der Waals surface area contributed by atoms with Crippen molar-refractivity contribution in [3.05, 3.63) is 29.3 Å². The van der Waals surface area contributed by atoms with Gasteiger partial charge < -0.3 is 4.74 Å². The van der Waals surface area contributed by atoms with Crippen molar-refractivity contribution in [1.29, 1.82) is 0 Å².